The van der Waals surface area contributed by atoms with Crippen molar-refractivity contribution in [3.63, 3.8) is 0 Å². The van der Waals surface area contributed by atoms with E-state index in [0.29, 0.717) is 16.6 Å². The number of ether oxygens (including phenoxy) is 1. The molecule has 86 valence electrons. The number of rotatable bonds is 2. The van der Waals surface area contributed by atoms with E-state index in [2.05, 4.69) is 20.9 Å². The molecular weight excluding hydrogens is 287 g/mol. The third kappa shape index (κ3) is 2.37. The molecule has 0 aliphatic carbocycles. The first-order valence-electron chi connectivity index (χ1n) is 4.48. The molecule has 0 fully saturated rings. The summed E-state index contributed by atoms with van der Waals surface area (Å²) in [4.78, 5) is 3.99. The number of halogens is 4. The third-order valence-corrected chi connectivity index (χ3v) is 2.72. The largest absolute Gasteiger partial charge is 0.482 e. The summed E-state index contributed by atoms with van der Waals surface area (Å²) in [6, 6.07) is 3.48. The standard InChI is InChI=1S/C10H7BrF3NO/c11-8-2-1-6-3-15-4-7(6)9(8)16-5-10(12,13)14/h1-2,4H,3,5H2. The van der Waals surface area contributed by atoms with Gasteiger partial charge in [-0.15, -0.1) is 0 Å². The number of fused-ring (bicyclic) bond motifs is 1. The molecule has 0 bridgehead atoms. The van der Waals surface area contributed by atoms with Crippen molar-refractivity contribution >= 4 is 22.1 Å². The molecule has 0 aromatic heterocycles. The Bertz CT molecular complexity index is 442. The molecule has 0 saturated heterocycles. The third-order valence-electron chi connectivity index (χ3n) is 2.10. The van der Waals surface area contributed by atoms with Crippen molar-refractivity contribution in [1.29, 1.82) is 0 Å². The lowest BCUT2D eigenvalue weighted by Crippen LogP contribution is -2.20. The van der Waals surface area contributed by atoms with Gasteiger partial charge in [0.15, 0.2) is 6.61 Å². The fourth-order valence-corrected chi connectivity index (χ4v) is 1.89. The zero-order chi connectivity index (χ0) is 11.8. The zero-order valence-electron chi connectivity index (χ0n) is 8.01. The maximum atomic E-state index is 12.1. The highest BCUT2D eigenvalue weighted by atomic mass is 79.9. The minimum atomic E-state index is -4.34. The molecule has 0 atom stereocenters. The highest BCUT2D eigenvalue weighted by Crippen LogP contribution is 2.34. The van der Waals surface area contributed by atoms with Gasteiger partial charge >= 0.3 is 6.18 Å². The molecule has 1 aliphatic heterocycles. The molecular formula is C10H7BrF3NO. The van der Waals surface area contributed by atoms with Crippen molar-refractivity contribution in [1.82, 2.24) is 0 Å². The van der Waals surface area contributed by atoms with E-state index < -0.39 is 12.8 Å². The van der Waals surface area contributed by atoms with E-state index in [4.69, 9.17) is 4.74 Å². The average Bonchev–Trinajstić information content (AvgIpc) is 2.62. The van der Waals surface area contributed by atoms with Crippen LogP contribution in [0.2, 0.25) is 0 Å². The molecule has 1 aliphatic rings. The Labute approximate surface area is 98.3 Å². The first kappa shape index (κ1) is 11.4. The molecule has 1 aromatic rings. The number of nitrogens with zero attached hydrogens (tertiary/aromatic N) is 1. The number of aliphatic imine (C=N–C) groups is 1. The maximum absolute atomic E-state index is 12.1. The van der Waals surface area contributed by atoms with Gasteiger partial charge in [0.05, 0.1) is 11.0 Å². The highest BCUT2D eigenvalue weighted by molar-refractivity contribution is 9.10. The van der Waals surface area contributed by atoms with Crippen LogP contribution >= 0.6 is 15.9 Å². The Morgan fingerprint density at radius 3 is 2.81 bits per heavy atom. The monoisotopic (exact) mass is 293 g/mol. The first-order chi connectivity index (χ1) is 7.47. The molecule has 0 N–H and O–H groups in total. The molecule has 0 unspecified atom stereocenters. The van der Waals surface area contributed by atoms with Gasteiger partial charge in [0, 0.05) is 11.8 Å². The molecule has 1 heterocycles. The van der Waals surface area contributed by atoms with E-state index in [1.165, 1.54) is 6.21 Å². The van der Waals surface area contributed by atoms with Gasteiger partial charge in [0.1, 0.15) is 5.75 Å². The quantitative estimate of drug-likeness (QED) is 0.820. The second-order valence-electron chi connectivity index (χ2n) is 3.32. The van der Waals surface area contributed by atoms with Crippen LogP contribution in [0.15, 0.2) is 21.6 Å². The fraction of sp³-hybridized carbons (Fsp3) is 0.300. The van der Waals surface area contributed by atoms with E-state index in [1.807, 2.05) is 6.07 Å². The van der Waals surface area contributed by atoms with Crippen LogP contribution in [-0.4, -0.2) is 19.0 Å². The van der Waals surface area contributed by atoms with Crippen LogP contribution in [0.1, 0.15) is 11.1 Å². The zero-order valence-corrected chi connectivity index (χ0v) is 9.60. The Morgan fingerprint density at radius 2 is 2.12 bits per heavy atom. The van der Waals surface area contributed by atoms with Crippen molar-refractivity contribution in [2.45, 2.75) is 12.7 Å². The molecule has 2 rings (SSSR count). The van der Waals surface area contributed by atoms with Gasteiger partial charge in [-0.25, -0.2) is 0 Å². The van der Waals surface area contributed by atoms with Crippen LogP contribution in [0, 0.1) is 0 Å². The summed E-state index contributed by atoms with van der Waals surface area (Å²) in [5.41, 5.74) is 1.50. The molecule has 16 heavy (non-hydrogen) atoms. The molecule has 0 saturated carbocycles. The normalized spacial score (nSPS) is 14.0. The second kappa shape index (κ2) is 4.08. The van der Waals surface area contributed by atoms with Gasteiger partial charge in [-0.05, 0) is 27.6 Å². The summed E-state index contributed by atoms with van der Waals surface area (Å²) in [5, 5.41) is 0. The van der Waals surface area contributed by atoms with Crippen LogP contribution in [-0.2, 0) is 6.54 Å². The predicted molar refractivity (Wildman–Crippen MR) is 57.0 cm³/mol. The van der Waals surface area contributed by atoms with Crippen LogP contribution in [0.3, 0.4) is 0 Å². The smallest absolute Gasteiger partial charge is 0.422 e. The van der Waals surface area contributed by atoms with Crippen LogP contribution in [0.4, 0.5) is 13.2 Å². The minimum Gasteiger partial charge on any atom is -0.482 e. The molecule has 2 nitrogen and oxygen atoms in total. The van der Waals surface area contributed by atoms with E-state index in [1.54, 1.807) is 6.07 Å². The lowest BCUT2D eigenvalue weighted by atomic mass is 10.1. The van der Waals surface area contributed by atoms with Crippen LogP contribution in [0.25, 0.3) is 0 Å². The Kier molecular flexibility index (Phi) is 2.92. The van der Waals surface area contributed by atoms with Gasteiger partial charge in [0.2, 0.25) is 0 Å². The van der Waals surface area contributed by atoms with E-state index in [9.17, 15) is 13.2 Å². The molecule has 1 aromatic carbocycles. The van der Waals surface area contributed by atoms with Crippen LogP contribution < -0.4 is 4.74 Å². The van der Waals surface area contributed by atoms with Crippen molar-refractivity contribution in [2.75, 3.05) is 6.61 Å². The van der Waals surface area contributed by atoms with Gasteiger partial charge in [-0.1, -0.05) is 6.07 Å². The number of alkyl halides is 3. The minimum absolute atomic E-state index is 0.205. The summed E-state index contributed by atoms with van der Waals surface area (Å²) in [5.74, 6) is 0.205. The maximum Gasteiger partial charge on any atom is 0.422 e. The van der Waals surface area contributed by atoms with Gasteiger partial charge in [-0.2, -0.15) is 13.2 Å². The Morgan fingerprint density at radius 1 is 1.38 bits per heavy atom. The lowest BCUT2D eigenvalue weighted by molar-refractivity contribution is -0.153. The summed E-state index contributed by atoms with van der Waals surface area (Å²) < 4.78 is 41.4. The van der Waals surface area contributed by atoms with Gasteiger partial charge in [0.25, 0.3) is 0 Å². The SMILES string of the molecule is FC(F)(F)COc1c(Br)ccc2c1C=NC2. The summed E-state index contributed by atoms with van der Waals surface area (Å²) >= 11 is 3.16. The van der Waals surface area contributed by atoms with Crippen molar-refractivity contribution in [2.24, 2.45) is 4.99 Å². The average molecular weight is 294 g/mol. The van der Waals surface area contributed by atoms with Crippen molar-refractivity contribution < 1.29 is 17.9 Å². The molecule has 0 amide bonds. The van der Waals surface area contributed by atoms with E-state index in [0.717, 1.165) is 5.56 Å². The topological polar surface area (TPSA) is 21.6 Å². The first-order valence-corrected chi connectivity index (χ1v) is 5.27. The van der Waals surface area contributed by atoms with Gasteiger partial charge < -0.3 is 4.74 Å². The number of benzene rings is 1. The lowest BCUT2D eigenvalue weighted by Gasteiger charge is -2.13. The summed E-state index contributed by atoms with van der Waals surface area (Å²) in [7, 11) is 0. The van der Waals surface area contributed by atoms with E-state index in [-0.39, 0.29) is 5.75 Å². The van der Waals surface area contributed by atoms with E-state index >= 15 is 0 Å². The number of hydrogen-bond donors (Lipinski definition) is 0. The van der Waals surface area contributed by atoms with Gasteiger partial charge in [-0.3, -0.25) is 4.99 Å². The number of hydrogen-bond acceptors (Lipinski definition) is 2. The second-order valence-corrected chi connectivity index (χ2v) is 4.18. The predicted octanol–water partition coefficient (Wildman–Crippen LogP) is 3.32. The molecule has 0 radical (unpaired) electrons. The fourth-order valence-electron chi connectivity index (χ4n) is 1.43. The highest BCUT2D eigenvalue weighted by Gasteiger charge is 2.29. The Balaban J connectivity index is 2.27. The van der Waals surface area contributed by atoms with Crippen LogP contribution in [0.5, 0.6) is 5.75 Å². The molecule has 0 spiro atoms. The summed E-state index contributed by atoms with van der Waals surface area (Å²) in [6.45, 7) is -0.805. The Hall–Kier alpha value is -1.04. The van der Waals surface area contributed by atoms with Crippen molar-refractivity contribution in [3.8, 4) is 5.75 Å². The van der Waals surface area contributed by atoms with Crippen molar-refractivity contribution in [3.05, 3.63) is 27.7 Å². The molecule has 6 heteroatoms. The summed E-state index contributed by atoms with van der Waals surface area (Å²) in [6.07, 6.45) is -2.80.